The third-order valence-corrected chi connectivity index (χ3v) is 8.13. The SMILES string of the molecule is CNC(O)c1c(-c2ccc(F)cc2)oc2cc(N(C)SC)c(-c3ccc4nnn(Cc5ccc(F)cc5)c(=O)c4c3)cc12. The van der Waals surface area contributed by atoms with Gasteiger partial charge in [-0.3, -0.25) is 10.1 Å². The maximum absolute atomic E-state index is 13.7. The molecule has 0 saturated heterocycles. The van der Waals surface area contributed by atoms with E-state index in [-0.39, 0.29) is 23.7 Å². The van der Waals surface area contributed by atoms with Gasteiger partial charge in [-0.05, 0) is 72.8 Å². The maximum Gasteiger partial charge on any atom is 0.277 e. The van der Waals surface area contributed by atoms with E-state index in [1.54, 1.807) is 43.4 Å². The zero-order chi connectivity index (χ0) is 30.2. The normalized spacial score (nSPS) is 12.2. The smallest absolute Gasteiger partial charge is 0.277 e. The number of anilines is 1. The maximum atomic E-state index is 13.7. The molecule has 2 N–H and O–H groups in total. The van der Waals surface area contributed by atoms with Crippen LogP contribution in [0, 0.1) is 11.6 Å². The molecule has 0 amide bonds. The molecule has 6 rings (SSSR count). The van der Waals surface area contributed by atoms with Gasteiger partial charge in [0.1, 0.15) is 34.7 Å². The van der Waals surface area contributed by atoms with Crippen LogP contribution in [0.4, 0.5) is 14.5 Å². The second-order valence-electron chi connectivity index (χ2n) is 10.00. The van der Waals surface area contributed by atoms with Gasteiger partial charge in [-0.25, -0.2) is 13.5 Å². The number of rotatable bonds is 8. The molecule has 43 heavy (non-hydrogen) atoms. The monoisotopic (exact) mass is 599 g/mol. The Labute approximate surface area is 249 Å². The van der Waals surface area contributed by atoms with Crippen LogP contribution in [0.25, 0.3) is 44.3 Å². The number of nitrogens with one attached hydrogen (secondary N) is 1. The second kappa shape index (κ2) is 11.6. The summed E-state index contributed by atoms with van der Waals surface area (Å²) in [6.07, 6.45) is 0.879. The van der Waals surface area contributed by atoms with Crippen molar-refractivity contribution in [2.24, 2.45) is 0 Å². The number of furan rings is 1. The minimum atomic E-state index is -1.07. The molecule has 2 heterocycles. The quantitative estimate of drug-likeness (QED) is 0.160. The minimum absolute atomic E-state index is 0.144. The minimum Gasteiger partial charge on any atom is -0.456 e. The molecule has 0 aliphatic heterocycles. The molecule has 11 heteroatoms. The van der Waals surface area contributed by atoms with Crippen molar-refractivity contribution in [3.63, 3.8) is 0 Å². The summed E-state index contributed by atoms with van der Waals surface area (Å²) in [7, 11) is 3.56. The number of aromatic nitrogens is 3. The summed E-state index contributed by atoms with van der Waals surface area (Å²) in [5.74, 6) is -0.315. The van der Waals surface area contributed by atoms with Gasteiger partial charge in [0.2, 0.25) is 0 Å². The van der Waals surface area contributed by atoms with E-state index in [1.807, 2.05) is 35.8 Å². The van der Waals surface area contributed by atoms with E-state index in [0.717, 1.165) is 22.4 Å². The number of halogens is 2. The second-order valence-corrected chi connectivity index (χ2v) is 10.9. The molecular weight excluding hydrogens is 572 g/mol. The molecule has 0 radical (unpaired) electrons. The molecule has 2 aromatic heterocycles. The fraction of sp³-hybridized carbons (Fsp3) is 0.156. The Morgan fingerprint density at radius 2 is 1.65 bits per heavy atom. The van der Waals surface area contributed by atoms with Crippen LogP contribution in [0.5, 0.6) is 0 Å². The van der Waals surface area contributed by atoms with Gasteiger partial charge < -0.3 is 13.8 Å². The highest BCUT2D eigenvalue weighted by atomic mass is 32.2. The molecule has 6 aromatic rings. The highest BCUT2D eigenvalue weighted by Crippen LogP contribution is 2.43. The fourth-order valence-electron chi connectivity index (χ4n) is 5.08. The van der Waals surface area contributed by atoms with Crippen LogP contribution in [0.1, 0.15) is 17.4 Å². The van der Waals surface area contributed by atoms with Crippen molar-refractivity contribution in [3.05, 3.63) is 112 Å². The van der Waals surface area contributed by atoms with Crippen LogP contribution in [0.15, 0.2) is 88.1 Å². The van der Waals surface area contributed by atoms with E-state index < -0.39 is 6.23 Å². The van der Waals surface area contributed by atoms with Gasteiger partial charge in [0.15, 0.2) is 0 Å². The van der Waals surface area contributed by atoms with Gasteiger partial charge in [-0.1, -0.05) is 35.4 Å². The van der Waals surface area contributed by atoms with Crippen LogP contribution < -0.4 is 15.2 Å². The van der Waals surface area contributed by atoms with E-state index in [9.17, 15) is 18.7 Å². The Hall–Kier alpha value is -4.58. The van der Waals surface area contributed by atoms with Gasteiger partial charge in [-0.15, -0.1) is 5.10 Å². The topological polar surface area (TPSA) is 96.4 Å². The molecule has 0 spiro atoms. The highest BCUT2D eigenvalue weighted by molar-refractivity contribution is 7.99. The molecule has 8 nitrogen and oxygen atoms in total. The van der Waals surface area contributed by atoms with Crippen LogP contribution in [-0.4, -0.2) is 40.5 Å². The molecule has 218 valence electrons. The predicted octanol–water partition coefficient (Wildman–Crippen LogP) is 6.12. The van der Waals surface area contributed by atoms with Crippen LogP contribution in [0.2, 0.25) is 0 Å². The number of aliphatic hydroxyl groups is 1. The summed E-state index contributed by atoms with van der Waals surface area (Å²) >= 11 is 1.50. The lowest BCUT2D eigenvalue weighted by Gasteiger charge is -2.20. The Bertz CT molecular complexity index is 2010. The summed E-state index contributed by atoms with van der Waals surface area (Å²) in [5.41, 5.74) is 4.86. The summed E-state index contributed by atoms with van der Waals surface area (Å²) < 4.78 is 36.6. The number of nitrogens with zero attached hydrogens (tertiary/aromatic N) is 4. The summed E-state index contributed by atoms with van der Waals surface area (Å²) in [6.45, 7) is 0.144. The van der Waals surface area contributed by atoms with Gasteiger partial charge >= 0.3 is 0 Å². The van der Waals surface area contributed by atoms with Crippen LogP contribution >= 0.6 is 11.9 Å². The Kier molecular flexibility index (Phi) is 7.70. The number of aliphatic hydroxyl groups excluding tert-OH is 1. The van der Waals surface area contributed by atoms with E-state index in [4.69, 9.17) is 4.42 Å². The first-order valence-corrected chi connectivity index (χ1v) is 14.6. The van der Waals surface area contributed by atoms with E-state index in [2.05, 4.69) is 15.6 Å². The largest absolute Gasteiger partial charge is 0.456 e. The lowest BCUT2D eigenvalue weighted by molar-refractivity contribution is 0.150. The Balaban J connectivity index is 1.54. The van der Waals surface area contributed by atoms with E-state index >= 15 is 0 Å². The van der Waals surface area contributed by atoms with Crippen molar-refractivity contribution < 1.29 is 18.3 Å². The molecule has 0 saturated carbocycles. The third-order valence-electron chi connectivity index (χ3n) is 7.39. The zero-order valence-electron chi connectivity index (χ0n) is 23.5. The van der Waals surface area contributed by atoms with Crippen LogP contribution in [0.3, 0.4) is 0 Å². The number of fused-ring (bicyclic) bond motifs is 2. The molecule has 0 aliphatic carbocycles. The number of hydrogen-bond acceptors (Lipinski definition) is 8. The zero-order valence-corrected chi connectivity index (χ0v) is 24.3. The average Bonchev–Trinajstić information content (AvgIpc) is 3.40. The number of benzene rings is 4. The molecular formula is C32H27F2N5O3S. The van der Waals surface area contributed by atoms with Gasteiger partial charge in [0.05, 0.1) is 17.6 Å². The first-order valence-electron chi connectivity index (χ1n) is 13.4. The Morgan fingerprint density at radius 3 is 2.33 bits per heavy atom. The fourth-order valence-corrected chi connectivity index (χ4v) is 5.43. The summed E-state index contributed by atoms with van der Waals surface area (Å²) in [5, 5.41) is 23.2. The van der Waals surface area contributed by atoms with Gasteiger partial charge in [-0.2, -0.15) is 0 Å². The molecule has 4 aromatic carbocycles. The number of hydrogen-bond donors (Lipinski definition) is 2. The van der Waals surface area contributed by atoms with Crippen LogP contribution in [-0.2, 0) is 6.54 Å². The van der Waals surface area contributed by atoms with E-state index in [0.29, 0.717) is 38.8 Å². The van der Waals surface area contributed by atoms with E-state index in [1.165, 1.54) is 40.9 Å². The van der Waals surface area contributed by atoms with Crippen molar-refractivity contribution in [3.8, 4) is 22.5 Å². The predicted molar refractivity (Wildman–Crippen MR) is 166 cm³/mol. The van der Waals surface area contributed by atoms with Crippen molar-refractivity contribution >= 4 is 39.5 Å². The lowest BCUT2D eigenvalue weighted by Crippen LogP contribution is -2.24. The molecule has 0 bridgehead atoms. The van der Waals surface area contributed by atoms with Crippen molar-refractivity contribution in [1.82, 2.24) is 20.3 Å². The van der Waals surface area contributed by atoms with Gasteiger partial charge in [0.25, 0.3) is 5.56 Å². The summed E-state index contributed by atoms with van der Waals surface area (Å²) in [4.78, 5) is 13.5. The summed E-state index contributed by atoms with van der Waals surface area (Å²) in [6, 6.07) is 21.0. The standard InChI is InChI=1S/C32H27F2N5O3S/c1-35-31(40)29-25-15-23(27(38(2)43-3)16-28(25)42-30(29)19-6-11-22(34)12-7-19)20-8-13-26-24(14-20)32(41)39(37-36-26)17-18-4-9-21(33)10-5-18/h4-16,31,35,40H,17H2,1-3H3. The lowest BCUT2D eigenvalue weighted by atomic mass is 9.97. The first-order chi connectivity index (χ1) is 20.8. The molecule has 0 aliphatic rings. The first kappa shape index (κ1) is 28.5. The van der Waals surface area contributed by atoms with Crippen molar-refractivity contribution in [2.45, 2.75) is 12.8 Å². The molecule has 0 fully saturated rings. The molecule has 1 atom stereocenters. The average molecular weight is 600 g/mol. The Morgan fingerprint density at radius 1 is 0.977 bits per heavy atom. The van der Waals surface area contributed by atoms with Crippen molar-refractivity contribution in [1.29, 1.82) is 0 Å². The van der Waals surface area contributed by atoms with Gasteiger partial charge in [0, 0.05) is 41.4 Å². The highest BCUT2D eigenvalue weighted by Gasteiger charge is 2.24. The van der Waals surface area contributed by atoms with Crippen molar-refractivity contribution in [2.75, 3.05) is 24.7 Å². The third kappa shape index (κ3) is 5.38. The molecule has 1 unspecified atom stereocenters.